The highest BCUT2D eigenvalue weighted by molar-refractivity contribution is 6.40. The van der Waals surface area contributed by atoms with Crippen LogP contribution in [0.1, 0.15) is 5.56 Å². The van der Waals surface area contributed by atoms with Crippen molar-refractivity contribution in [1.82, 2.24) is 5.32 Å². The van der Waals surface area contributed by atoms with Gasteiger partial charge in [-0.2, -0.15) is 0 Å². The van der Waals surface area contributed by atoms with E-state index in [1.165, 1.54) is 18.2 Å². The largest absolute Gasteiger partial charge is 0.338 e. The lowest BCUT2D eigenvalue weighted by molar-refractivity contribution is -0.137. The van der Waals surface area contributed by atoms with Gasteiger partial charge in [0.2, 0.25) is 0 Å². The van der Waals surface area contributed by atoms with E-state index in [0.717, 1.165) is 5.56 Å². The number of anilines is 1. The maximum Gasteiger partial charge on any atom is 0.313 e. The predicted octanol–water partition coefficient (Wildman–Crippen LogP) is 2.34. The van der Waals surface area contributed by atoms with Gasteiger partial charge < -0.3 is 15.4 Å². The van der Waals surface area contributed by atoms with Crippen molar-refractivity contribution in [1.29, 1.82) is 0 Å². The van der Waals surface area contributed by atoms with E-state index in [4.69, 9.17) is 11.6 Å². The summed E-state index contributed by atoms with van der Waals surface area (Å²) in [7, 11) is 0. The molecule has 0 saturated carbocycles. The third-order valence-corrected chi connectivity index (χ3v) is 3.48. The molecule has 2 aromatic carbocycles. The van der Waals surface area contributed by atoms with E-state index in [9.17, 15) is 18.8 Å². The number of carbonyl (C=O) groups is 3. The highest BCUT2D eigenvalue weighted by Crippen LogP contribution is 2.21. The summed E-state index contributed by atoms with van der Waals surface area (Å²) in [5.41, 5.74) is 0.615. The SMILES string of the molecule is O=CC(Cc1ccccc1)NC(=O)C(=O)Nc1cccc(Cl)c1F. The normalized spacial score (nSPS) is 11.4. The van der Waals surface area contributed by atoms with Crippen LogP contribution in [0.3, 0.4) is 0 Å². The number of amides is 2. The second-order valence-corrected chi connectivity index (χ2v) is 5.37. The van der Waals surface area contributed by atoms with Crippen molar-refractivity contribution in [3.8, 4) is 0 Å². The van der Waals surface area contributed by atoms with Crippen LogP contribution in [0.5, 0.6) is 0 Å². The summed E-state index contributed by atoms with van der Waals surface area (Å²) in [4.78, 5) is 34.8. The molecule has 0 radical (unpaired) electrons. The summed E-state index contributed by atoms with van der Waals surface area (Å²) >= 11 is 5.60. The summed E-state index contributed by atoms with van der Waals surface area (Å²) in [6.45, 7) is 0. The van der Waals surface area contributed by atoms with Crippen LogP contribution < -0.4 is 10.6 Å². The topological polar surface area (TPSA) is 75.3 Å². The van der Waals surface area contributed by atoms with Crippen LogP contribution in [0.4, 0.5) is 10.1 Å². The Morgan fingerprint density at radius 3 is 2.46 bits per heavy atom. The van der Waals surface area contributed by atoms with Crippen molar-refractivity contribution in [2.24, 2.45) is 0 Å². The Kier molecular flexibility index (Phi) is 6.03. The molecule has 2 N–H and O–H groups in total. The fraction of sp³-hybridized carbons (Fsp3) is 0.118. The third-order valence-electron chi connectivity index (χ3n) is 3.19. The first-order chi connectivity index (χ1) is 11.5. The quantitative estimate of drug-likeness (QED) is 0.643. The first-order valence-corrected chi connectivity index (χ1v) is 7.44. The standard InChI is InChI=1S/C17H14ClFN2O3/c18-13-7-4-8-14(15(13)19)21-17(24)16(23)20-12(10-22)9-11-5-2-1-3-6-11/h1-8,10,12H,9H2,(H,20,23)(H,21,24). The van der Waals surface area contributed by atoms with Crippen LogP contribution in [0.25, 0.3) is 0 Å². The first-order valence-electron chi connectivity index (χ1n) is 7.06. The fourth-order valence-corrected chi connectivity index (χ4v) is 2.19. The number of rotatable bonds is 5. The molecule has 2 rings (SSSR count). The van der Waals surface area contributed by atoms with Crippen molar-refractivity contribution in [2.45, 2.75) is 12.5 Å². The third kappa shape index (κ3) is 4.63. The van der Waals surface area contributed by atoms with E-state index in [1.54, 1.807) is 24.3 Å². The molecule has 5 nitrogen and oxygen atoms in total. The van der Waals surface area contributed by atoms with Gasteiger partial charge in [-0.1, -0.05) is 48.0 Å². The summed E-state index contributed by atoms with van der Waals surface area (Å²) < 4.78 is 13.7. The van der Waals surface area contributed by atoms with Gasteiger partial charge in [-0.25, -0.2) is 4.39 Å². The molecule has 0 bridgehead atoms. The molecule has 0 aliphatic carbocycles. The number of carbonyl (C=O) groups excluding carboxylic acids is 3. The Hall–Kier alpha value is -2.73. The summed E-state index contributed by atoms with van der Waals surface area (Å²) in [5.74, 6) is -2.96. The number of aldehydes is 1. The molecule has 0 aromatic heterocycles. The van der Waals surface area contributed by atoms with Gasteiger partial charge in [0.1, 0.15) is 6.29 Å². The monoisotopic (exact) mass is 348 g/mol. The number of halogens is 2. The highest BCUT2D eigenvalue weighted by atomic mass is 35.5. The Labute approximate surface area is 142 Å². The minimum absolute atomic E-state index is 0.178. The molecule has 0 aliphatic rings. The first kappa shape index (κ1) is 17.6. The second kappa shape index (κ2) is 8.21. The van der Waals surface area contributed by atoms with E-state index in [1.807, 2.05) is 6.07 Å². The molecule has 2 amide bonds. The maximum atomic E-state index is 13.7. The van der Waals surface area contributed by atoms with E-state index >= 15 is 0 Å². The van der Waals surface area contributed by atoms with Gasteiger partial charge in [0.05, 0.1) is 16.8 Å². The van der Waals surface area contributed by atoms with Crippen LogP contribution >= 0.6 is 11.6 Å². The summed E-state index contributed by atoms with van der Waals surface area (Å²) in [6, 6.07) is 12.2. The van der Waals surface area contributed by atoms with Crippen molar-refractivity contribution in [2.75, 3.05) is 5.32 Å². The molecule has 1 unspecified atom stereocenters. The lowest BCUT2D eigenvalue weighted by atomic mass is 10.1. The summed E-state index contributed by atoms with van der Waals surface area (Å²) in [5, 5.41) is 4.23. The molecular formula is C17H14ClFN2O3. The number of hydrogen-bond acceptors (Lipinski definition) is 3. The smallest absolute Gasteiger partial charge is 0.313 e. The Bertz CT molecular complexity index is 753. The van der Waals surface area contributed by atoms with Crippen LogP contribution in [0.15, 0.2) is 48.5 Å². The van der Waals surface area contributed by atoms with E-state index < -0.39 is 23.7 Å². The van der Waals surface area contributed by atoms with E-state index in [-0.39, 0.29) is 17.1 Å². The predicted molar refractivity (Wildman–Crippen MR) is 88.2 cm³/mol. The summed E-state index contributed by atoms with van der Waals surface area (Å²) in [6.07, 6.45) is 0.785. The Morgan fingerprint density at radius 1 is 1.08 bits per heavy atom. The van der Waals surface area contributed by atoms with Crippen molar-refractivity contribution in [3.63, 3.8) is 0 Å². The van der Waals surface area contributed by atoms with Crippen LogP contribution in [0.2, 0.25) is 5.02 Å². The van der Waals surface area contributed by atoms with Gasteiger partial charge in [-0.15, -0.1) is 0 Å². The van der Waals surface area contributed by atoms with E-state index in [2.05, 4.69) is 10.6 Å². The zero-order chi connectivity index (χ0) is 17.5. The van der Waals surface area contributed by atoms with Gasteiger partial charge in [0.15, 0.2) is 5.82 Å². The molecule has 0 spiro atoms. The van der Waals surface area contributed by atoms with Gasteiger partial charge in [0, 0.05) is 0 Å². The molecule has 0 fully saturated rings. The zero-order valence-corrected chi connectivity index (χ0v) is 13.2. The lowest BCUT2D eigenvalue weighted by Gasteiger charge is -2.13. The van der Waals surface area contributed by atoms with Crippen molar-refractivity contribution >= 4 is 35.4 Å². The van der Waals surface area contributed by atoms with Crippen LogP contribution in [-0.2, 0) is 20.8 Å². The molecule has 0 saturated heterocycles. The molecule has 0 aliphatic heterocycles. The average Bonchev–Trinajstić information content (AvgIpc) is 2.59. The number of hydrogen-bond donors (Lipinski definition) is 2. The van der Waals surface area contributed by atoms with Crippen molar-refractivity contribution < 1.29 is 18.8 Å². The van der Waals surface area contributed by atoms with Crippen molar-refractivity contribution in [3.05, 3.63) is 64.9 Å². The minimum Gasteiger partial charge on any atom is -0.338 e. The van der Waals surface area contributed by atoms with Gasteiger partial charge in [0.25, 0.3) is 0 Å². The second-order valence-electron chi connectivity index (χ2n) is 4.96. The fourth-order valence-electron chi connectivity index (χ4n) is 2.01. The van der Waals surface area contributed by atoms with Gasteiger partial charge >= 0.3 is 11.8 Å². The van der Waals surface area contributed by atoms with Crippen LogP contribution in [0, 0.1) is 5.82 Å². The molecule has 24 heavy (non-hydrogen) atoms. The minimum atomic E-state index is -1.09. The van der Waals surface area contributed by atoms with E-state index in [0.29, 0.717) is 6.29 Å². The van der Waals surface area contributed by atoms with Gasteiger partial charge in [-0.05, 0) is 24.1 Å². The van der Waals surface area contributed by atoms with Crippen LogP contribution in [-0.4, -0.2) is 24.1 Å². The molecule has 0 heterocycles. The highest BCUT2D eigenvalue weighted by Gasteiger charge is 2.20. The molecule has 1 atom stereocenters. The number of nitrogens with one attached hydrogen (secondary N) is 2. The zero-order valence-electron chi connectivity index (χ0n) is 12.5. The molecule has 2 aromatic rings. The molecular weight excluding hydrogens is 335 g/mol. The Balaban J connectivity index is 1.98. The van der Waals surface area contributed by atoms with Gasteiger partial charge in [-0.3, -0.25) is 9.59 Å². The Morgan fingerprint density at radius 2 is 1.79 bits per heavy atom. The molecule has 124 valence electrons. The number of benzene rings is 2. The molecule has 7 heteroatoms. The maximum absolute atomic E-state index is 13.7. The lowest BCUT2D eigenvalue weighted by Crippen LogP contribution is -2.43. The average molecular weight is 349 g/mol.